The number of hydrogen-bond donors (Lipinski definition) is 1. The Hall–Kier alpha value is -0.0800. The van der Waals surface area contributed by atoms with Crippen LogP contribution in [0.25, 0.3) is 0 Å². The lowest BCUT2D eigenvalue weighted by Gasteiger charge is -2.40. The second kappa shape index (κ2) is 7.26. The van der Waals surface area contributed by atoms with Crippen molar-refractivity contribution >= 4 is 0 Å². The van der Waals surface area contributed by atoms with Gasteiger partial charge in [-0.3, -0.25) is 0 Å². The molecule has 1 N–H and O–H groups in total. The molecular formula is C18H36N2. The third-order valence-electron chi connectivity index (χ3n) is 5.13. The molecule has 0 spiro atoms. The number of nitrogens with one attached hydrogen (secondary N) is 1. The van der Waals surface area contributed by atoms with Crippen molar-refractivity contribution in [2.45, 2.75) is 72.3 Å². The molecule has 2 aliphatic rings. The summed E-state index contributed by atoms with van der Waals surface area (Å²) in [5, 5.41) is 3.90. The zero-order valence-corrected chi connectivity index (χ0v) is 14.3. The van der Waals surface area contributed by atoms with E-state index < -0.39 is 0 Å². The highest BCUT2D eigenvalue weighted by Crippen LogP contribution is 2.30. The fraction of sp³-hybridized carbons (Fsp3) is 1.00. The van der Waals surface area contributed by atoms with Crippen molar-refractivity contribution in [3.05, 3.63) is 0 Å². The number of hydrogen-bond acceptors (Lipinski definition) is 2. The van der Waals surface area contributed by atoms with Crippen molar-refractivity contribution in [2.75, 3.05) is 26.2 Å². The Balaban J connectivity index is 1.80. The van der Waals surface area contributed by atoms with E-state index in [2.05, 4.69) is 37.9 Å². The zero-order valence-electron chi connectivity index (χ0n) is 14.3. The lowest BCUT2D eigenvalue weighted by molar-refractivity contribution is 0.117. The molecule has 0 aromatic rings. The first-order valence-corrected chi connectivity index (χ1v) is 8.92. The monoisotopic (exact) mass is 280 g/mol. The summed E-state index contributed by atoms with van der Waals surface area (Å²) in [7, 11) is 0. The third-order valence-corrected chi connectivity index (χ3v) is 5.13. The van der Waals surface area contributed by atoms with E-state index in [4.69, 9.17) is 0 Å². The molecule has 2 nitrogen and oxygen atoms in total. The second-order valence-electron chi connectivity index (χ2n) is 8.47. The fourth-order valence-electron chi connectivity index (χ4n) is 4.27. The van der Waals surface area contributed by atoms with Crippen LogP contribution in [0.15, 0.2) is 0 Å². The standard InChI is InChI=1S/C18H36N2/c1-5-20-13-16(11-18(2,3)4)10-17(14-20)19-12-15-8-6-7-9-15/h15-17,19H,5-14H2,1-4H3. The molecule has 0 aromatic carbocycles. The highest BCUT2D eigenvalue weighted by Gasteiger charge is 2.29. The summed E-state index contributed by atoms with van der Waals surface area (Å²) in [6.07, 6.45) is 8.60. The van der Waals surface area contributed by atoms with Gasteiger partial charge >= 0.3 is 0 Å². The van der Waals surface area contributed by atoms with Gasteiger partial charge in [0, 0.05) is 19.1 Å². The summed E-state index contributed by atoms with van der Waals surface area (Å²) in [6.45, 7) is 14.5. The molecule has 2 unspecified atom stereocenters. The van der Waals surface area contributed by atoms with E-state index in [1.54, 1.807) is 0 Å². The van der Waals surface area contributed by atoms with Gasteiger partial charge in [0.05, 0.1) is 0 Å². The van der Waals surface area contributed by atoms with E-state index in [1.165, 1.54) is 64.7 Å². The van der Waals surface area contributed by atoms with Gasteiger partial charge in [-0.15, -0.1) is 0 Å². The molecule has 20 heavy (non-hydrogen) atoms. The van der Waals surface area contributed by atoms with Crippen LogP contribution in [0.2, 0.25) is 0 Å². The van der Waals surface area contributed by atoms with Crippen LogP contribution in [-0.4, -0.2) is 37.1 Å². The Labute approximate surface area is 126 Å². The van der Waals surface area contributed by atoms with Crippen molar-refractivity contribution in [2.24, 2.45) is 17.3 Å². The van der Waals surface area contributed by atoms with E-state index in [-0.39, 0.29) is 0 Å². The van der Waals surface area contributed by atoms with Gasteiger partial charge in [-0.1, -0.05) is 40.5 Å². The minimum atomic E-state index is 0.470. The maximum absolute atomic E-state index is 3.90. The van der Waals surface area contributed by atoms with Crippen LogP contribution in [0.5, 0.6) is 0 Å². The molecule has 1 aliphatic carbocycles. The minimum Gasteiger partial charge on any atom is -0.312 e. The molecule has 2 heteroatoms. The summed E-state index contributed by atoms with van der Waals surface area (Å²) in [5.41, 5.74) is 0.470. The maximum atomic E-state index is 3.90. The zero-order chi connectivity index (χ0) is 14.6. The molecule has 2 fully saturated rings. The fourth-order valence-corrected chi connectivity index (χ4v) is 4.27. The van der Waals surface area contributed by atoms with E-state index >= 15 is 0 Å². The lowest BCUT2D eigenvalue weighted by Crippen LogP contribution is -2.50. The van der Waals surface area contributed by atoms with Gasteiger partial charge in [-0.05, 0) is 56.0 Å². The van der Waals surface area contributed by atoms with Crippen LogP contribution in [0, 0.1) is 17.3 Å². The van der Waals surface area contributed by atoms with E-state index in [0.29, 0.717) is 5.41 Å². The number of rotatable bonds is 5. The average Bonchev–Trinajstić information content (AvgIpc) is 2.87. The quantitative estimate of drug-likeness (QED) is 0.821. The van der Waals surface area contributed by atoms with Crippen LogP contribution in [0.3, 0.4) is 0 Å². The maximum Gasteiger partial charge on any atom is 0.0198 e. The normalized spacial score (nSPS) is 30.0. The predicted octanol–water partition coefficient (Wildman–Crippen LogP) is 3.91. The van der Waals surface area contributed by atoms with Gasteiger partial charge in [0.2, 0.25) is 0 Å². The van der Waals surface area contributed by atoms with Crippen LogP contribution < -0.4 is 5.32 Å². The largest absolute Gasteiger partial charge is 0.312 e. The second-order valence-corrected chi connectivity index (χ2v) is 8.47. The lowest BCUT2D eigenvalue weighted by atomic mass is 9.80. The van der Waals surface area contributed by atoms with E-state index in [1.807, 2.05) is 0 Å². The van der Waals surface area contributed by atoms with Gasteiger partial charge in [-0.25, -0.2) is 0 Å². The SMILES string of the molecule is CCN1CC(CC(C)(C)C)CC(NCC2CCCC2)C1. The van der Waals surface area contributed by atoms with Crippen LogP contribution >= 0.6 is 0 Å². The molecule has 1 aliphatic heterocycles. The topological polar surface area (TPSA) is 15.3 Å². The van der Waals surface area contributed by atoms with E-state index in [0.717, 1.165) is 17.9 Å². The Morgan fingerprint density at radius 1 is 1.05 bits per heavy atom. The molecule has 0 aromatic heterocycles. The molecule has 2 rings (SSSR count). The molecular weight excluding hydrogens is 244 g/mol. The molecule has 2 atom stereocenters. The molecule has 1 heterocycles. The van der Waals surface area contributed by atoms with Crippen LogP contribution in [-0.2, 0) is 0 Å². The van der Waals surface area contributed by atoms with Gasteiger partial charge in [-0.2, -0.15) is 0 Å². The average molecular weight is 280 g/mol. The first-order chi connectivity index (χ1) is 9.46. The number of likely N-dealkylation sites (N-methyl/N-ethyl adjacent to an activating group) is 1. The van der Waals surface area contributed by atoms with E-state index in [9.17, 15) is 0 Å². The van der Waals surface area contributed by atoms with Crippen molar-refractivity contribution in [1.82, 2.24) is 10.2 Å². The Kier molecular flexibility index (Phi) is 5.92. The molecule has 118 valence electrons. The number of likely N-dealkylation sites (tertiary alicyclic amines) is 1. The smallest absolute Gasteiger partial charge is 0.0198 e. The first kappa shape index (κ1) is 16.3. The van der Waals surface area contributed by atoms with Gasteiger partial charge in [0.1, 0.15) is 0 Å². The first-order valence-electron chi connectivity index (χ1n) is 8.92. The summed E-state index contributed by atoms with van der Waals surface area (Å²) in [6, 6.07) is 0.733. The third kappa shape index (κ3) is 5.37. The predicted molar refractivity (Wildman–Crippen MR) is 88.0 cm³/mol. The Morgan fingerprint density at radius 2 is 1.75 bits per heavy atom. The minimum absolute atomic E-state index is 0.470. The van der Waals surface area contributed by atoms with Crippen molar-refractivity contribution < 1.29 is 0 Å². The summed E-state index contributed by atoms with van der Waals surface area (Å²) in [5.74, 6) is 1.85. The van der Waals surface area contributed by atoms with Gasteiger partial charge < -0.3 is 10.2 Å². The molecule has 0 bridgehead atoms. The Bertz CT molecular complexity index is 276. The highest BCUT2D eigenvalue weighted by atomic mass is 15.2. The molecule has 1 saturated heterocycles. The van der Waals surface area contributed by atoms with Crippen LogP contribution in [0.1, 0.15) is 66.2 Å². The highest BCUT2D eigenvalue weighted by molar-refractivity contribution is 4.86. The molecule has 0 radical (unpaired) electrons. The van der Waals surface area contributed by atoms with Gasteiger partial charge in [0.15, 0.2) is 0 Å². The molecule has 0 amide bonds. The summed E-state index contributed by atoms with van der Waals surface area (Å²) >= 11 is 0. The van der Waals surface area contributed by atoms with Crippen molar-refractivity contribution in [3.8, 4) is 0 Å². The Morgan fingerprint density at radius 3 is 2.35 bits per heavy atom. The number of nitrogens with zero attached hydrogens (tertiary/aromatic N) is 1. The van der Waals surface area contributed by atoms with Crippen LogP contribution in [0.4, 0.5) is 0 Å². The van der Waals surface area contributed by atoms with Gasteiger partial charge in [0.25, 0.3) is 0 Å². The van der Waals surface area contributed by atoms with Crippen molar-refractivity contribution in [3.63, 3.8) is 0 Å². The summed E-state index contributed by atoms with van der Waals surface area (Å²) < 4.78 is 0. The molecule has 1 saturated carbocycles. The summed E-state index contributed by atoms with van der Waals surface area (Å²) in [4.78, 5) is 2.66. The number of piperidine rings is 1. The van der Waals surface area contributed by atoms with Crippen molar-refractivity contribution in [1.29, 1.82) is 0 Å².